The van der Waals surface area contributed by atoms with E-state index in [-0.39, 0.29) is 11.5 Å². The van der Waals surface area contributed by atoms with Gasteiger partial charge in [-0.05, 0) is 26.0 Å². The summed E-state index contributed by atoms with van der Waals surface area (Å²) in [6.07, 6.45) is 0. The van der Waals surface area contributed by atoms with Gasteiger partial charge in [0.15, 0.2) is 0 Å². The molecular formula is C11H16FNO3S. The van der Waals surface area contributed by atoms with Gasteiger partial charge in [-0.2, -0.15) is 0 Å². The average Bonchev–Trinajstić information content (AvgIpc) is 2.15. The monoisotopic (exact) mass is 261 g/mol. The lowest BCUT2D eigenvalue weighted by Gasteiger charge is -2.24. The molecule has 17 heavy (non-hydrogen) atoms. The van der Waals surface area contributed by atoms with E-state index < -0.39 is 21.4 Å². The van der Waals surface area contributed by atoms with Gasteiger partial charge >= 0.3 is 0 Å². The molecule has 0 heterocycles. The Bertz CT molecular complexity index is 485. The molecule has 0 aromatic heterocycles. The molecule has 1 aromatic rings. The van der Waals surface area contributed by atoms with E-state index in [9.17, 15) is 12.8 Å². The lowest BCUT2D eigenvalue weighted by molar-refractivity contribution is 0.141. The Balaban J connectivity index is 3.02. The molecule has 0 atom stereocenters. The highest BCUT2D eigenvalue weighted by atomic mass is 32.2. The van der Waals surface area contributed by atoms with Gasteiger partial charge in [-0.1, -0.05) is 12.1 Å². The van der Waals surface area contributed by atoms with Crippen molar-refractivity contribution in [2.24, 2.45) is 0 Å². The number of halogens is 1. The highest BCUT2D eigenvalue weighted by Gasteiger charge is 2.27. The highest BCUT2D eigenvalue weighted by Crippen LogP contribution is 2.16. The van der Waals surface area contributed by atoms with Crippen LogP contribution in [-0.4, -0.2) is 27.7 Å². The molecule has 96 valence electrons. The minimum absolute atomic E-state index is 0.195. The second-order valence-corrected chi connectivity index (χ2v) is 6.00. The second kappa shape index (κ2) is 5.12. The highest BCUT2D eigenvalue weighted by molar-refractivity contribution is 7.89. The van der Waals surface area contributed by atoms with Gasteiger partial charge in [-0.15, -0.1) is 0 Å². The molecule has 0 aliphatic rings. The first-order valence-electron chi connectivity index (χ1n) is 5.06. The molecule has 0 bridgehead atoms. The van der Waals surface area contributed by atoms with Crippen molar-refractivity contribution in [1.82, 2.24) is 4.72 Å². The van der Waals surface area contributed by atoms with Crippen molar-refractivity contribution in [3.05, 3.63) is 30.1 Å². The van der Waals surface area contributed by atoms with Gasteiger partial charge in [-0.25, -0.2) is 17.5 Å². The molecule has 0 amide bonds. The van der Waals surface area contributed by atoms with Crippen LogP contribution < -0.4 is 4.72 Å². The first kappa shape index (κ1) is 14.1. The molecule has 0 saturated heterocycles. The lowest BCUT2D eigenvalue weighted by atomic mass is 10.1. The Morgan fingerprint density at radius 3 is 2.47 bits per heavy atom. The average molecular weight is 261 g/mol. The third kappa shape index (κ3) is 3.76. The van der Waals surface area contributed by atoms with E-state index in [2.05, 4.69) is 4.72 Å². The van der Waals surface area contributed by atoms with E-state index in [1.165, 1.54) is 25.3 Å². The van der Waals surface area contributed by atoms with Crippen LogP contribution in [0.15, 0.2) is 29.2 Å². The third-order valence-corrected chi connectivity index (χ3v) is 3.77. The summed E-state index contributed by atoms with van der Waals surface area (Å²) in [6.45, 7) is 3.52. The van der Waals surface area contributed by atoms with Crippen LogP contribution in [0.5, 0.6) is 0 Å². The smallest absolute Gasteiger partial charge is 0.244 e. The lowest BCUT2D eigenvalue weighted by Crippen LogP contribution is -2.46. The molecule has 0 unspecified atom stereocenters. The summed E-state index contributed by atoms with van der Waals surface area (Å²) in [5, 5.41) is 0. The summed E-state index contributed by atoms with van der Waals surface area (Å²) in [4.78, 5) is -0.357. The molecular weight excluding hydrogens is 245 g/mol. The molecule has 6 heteroatoms. The summed E-state index contributed by atoms with van der Waals surface area (Å²) >= 11 is 0. The Labute approximate surface area is 101 Å². The topological polar surface area (TPSA) is 55.4 Å². The number of ether oxygens (including phenoxy) is 1. The predicted molar refractivity (Wildman–Crippen MR) is 62.7 cm³/mol. The molecule has 1 aromatic carbocycles. The maximum atomic E-state index is 13.4. The molecule has 0 fully saturated rings. The van der Waals surface area contributed by atoms with Crippen molar-refractivity contribution in [1.29, 1.82) is 0 Å². The number of hydrogen-bond donors (Lipinski definition) is 1. The van der Waals surface area contributed by atoms with Crippen LogP contribution in [0.3, 0.4) is 0 Å². The number of sulfonamides is 1. The van der Waals surface area contributed by atoms with E-state index in [0.717, 1.165) is 6.07 Å². The van der Waals surface area contributed by atoms with Crippen LogP contribution >= 0.6 is 0 Å². The number of benzene rings is 1. The van der Waals surface area contributed by atoms with Crippen LogP contribution in [0.4, 0.5) is 4.39 Å². The van der Waals surface area contributed by atoms with Crippen LogP contribution in [0.1, 0.15) is 13.8 Å². The van der Waals surface area contributed by atoms with Crippen molar-refractivity contribution < 1.29 is 17.5 Å². The van der Waals surface area contributed by atoms with Crippen molar-refractivity contribution in [3.8, 4) is 0 Å². The van der Waals surface area contributed by atoms with E-state index in [1.807, 2.05) is 0 Å². The zero-order valence-corrected chi connectivity index (χ0v) is 10.8. The Kier molecular flexibility index (Phi) is 4.24. The van der Waals surface area contributed by atoms with Crippen LogP contribution in [-0.2, 0) is 14.8 Å². The third-order valence-electron chi connectivity index (χ3n) is 2.04. The minimum atomic E-state index is -3.88. The molecule has 0 aliphatic carbocycles. The Morgan fingerprint density at radius 1 is 1.35 bits per heavy atom. The molecule has 1 rings (SSSR count). The SMILES string of the molecule is COCC(C)(C)NS(=O)(=O)c1ccccc1F. The van der Waals surface area contributed by atoms with Crippen LogP contribution in [0.25, 0.3) is 0 Å². The first-order chi connectivity index (χ1) is 7.78. The number of methoxy groups -OCH3 is 1. The summed E-state index contributed by atoms with van der Waals surface area (Å²) in [5.41, 5.74) is -0.796. The van der Waals surface area contributed by atoms with Crippen molar-refractivity contribution in [3.63, 3.8) is 0 Å². The zero-order chi connectivity index (χ0) is 13.1. The van der Waals surface area contributed by atoms with Gasteiger partial charge < -0.3 is 4.74 Å². The summed E-state index contributed by atoms with van der Waals surface area (Å²) < 4.78 is 44.6. The summed E-state index contributed by atoms with van der Waals surface area (Å²) in [7, 11) is -2.40. The van der Waals surface area contributed by atoms with Crippen molar-refractivity contribution >= 4 is 10.0 Å². The van der Waals surface area contributed by atoms with Gasteiger partial charge in [0.05, 0.1) is 12.1 Å². The zero-order valence-electron chi connectivity index (χ0n) is 10.0. The normalized spacial score (nSPS) is 12.7. The quantitative estimate of drug-likeness (QED) is 0.874. The van der Waals surface area contributed by atoms with E-state index >= 15 is 0 Å². The Morgan fingerprint density at radius 2 is 1.94 bits per heavy atom. The fourth-order valence-electron chi connectivity index (χ4n) is 1.47. The standard InChI is InChI=1S/C11H16FNO3S/c1-11(2,8-16-3)13-17(14,15)10-7-5-4-6-9(10)12/h4-7,13H,8H2,1-3H3. The van der Waals surface area contributed by atoms with Gasteiger partial charge in [-0.3, -0.25) is 0 Å². The van der Waals surface area contributed by atoms with E-state index in [0.29, 0.717) is 0 Å². The van der Waals surface area contributed by atoms with Crippen molar-refractivity contribution in [2.45, 2.75) is 24.3 Å². The number of rotatable bonds is 5. The predicted octanol–water partition coefficient (Wildman–Crippen LogP) is 1.53. The molecule has 0 radical (unpaired) electrons. The molecule has 1 N–H and O–H groups in total. The largest absolute Gasteiger partial charge is 0.383 e. The van der Waals surface area contributed by atoms with Gasteiger partial charge in [0.2, 0.25) is 10.0 Å². The second-order valence-electron chi connectivity index (χ2n) is 4.35. The van der Waals surface area contributed by atoms with Crippen LogP contribution in [0, 0.1) is 5.82 Å². The van der Waals surface area contributed by atoms with Gasteiger partial charge in [0.1, 0.15) is 10.7 Å². The van der Waals surface area contributed by atoms with Gasteiger partial charge in [0, 0.05) is 7.11 Å². The minimum Gasteiger partial charge on any atom is -0.383 e. The van der Waals surface area contributed by atoms with Crippen LogP contribution in [0.2, 0.25) is 0 Å². The summed E-state index contributed by atoms with van der Waals surface area (Å²) in [6, 6.07) is 5.24. The first-order valence-corrected chi connectivity index (χ1v) is 6.54. The fraction of sp³-hybridized carbons (Fsp3) is 0.455. The molecule has 0 aliphatic heterocycles. The number of nitrogens with one attached hydrogen (secondary N) is 1. The van der Waals surface area contributed by atoms with E-state index in [1.54, 1.807) is 13.8 Å². The maximum absolute atomic E-state index is 13.4. The Hall–Kier alpha value is -0.980. The van der Waals surface area contributed by atoms with E-state index in [4.69, 9.17) is 4.74 Å². The van der Waals surface area contributed by atoms with Crippen molar-refractivity contribution in [2.75, 3.05) is 13.7 Å². The fourth-order valence-corrected chi connectivity index (χ4v) is 2.95. The summed E-state index contributed by atoms with van der Waals surface area (Å²) in [5.74, 6) is -0.770. The molecule has 0 saturated carbocycles. The molecule has 0 spiro atoms. The maximum Gasteiger partial charge on any atom is 0.244 e. The number of hydrogen-bond acceptors (Lipinski definition) is 3. The van der Waals surface area contributed by atoms with Gasteiger partial charge in [0.25, 0.3) is 0 Å². The molecule has 4 nitrogen and oxygen atoms in total.